The summed E-state index contributed by atoms with van der Waals surface area (Å²) in [4.78, 5) is 26.0. The van der Waals surface area contributed by atoms with Gasteiger partial charge in [-0.3, -0.25) is 9.59 Å². The number of ether oxygens (including phenoxy) is 1. The maximum atomic E-state index is 13.1. The molecule has 0 fully saturated rings. The van der Waals surface area contributed by atoms with Crippen molar-refractivity contribution in [1.82, 2.24) is 5.32 Å². The Bertz CT molecular complexity index is 817. The molecule has 0 radical (unpaired) electrons. The predicted octanol–water partition coefficient (Wildman–Crippen LogP) is 13.8. The molecule has 0 saturated carbocycles. The molecule has 0 aliphatic rings. The van der Waals surface area contributed by atoms with Gasteiger partial charge in [0.25, 0.3) is 0 Å². The van der Waals surface area contributed by atoms with Crippen molar-refractivity contribution in [2.45, 2.75) is 277 Å². The van der Waals surface area contributed by atoms with Crippen LogP contribution in [0.15, 0.2) is 12.2 Å². The fourth-order valence-electron chi connectivity index (χ4n) is 7.41. The average Bonchev–Trinajstić information content (AvgIpc) is 3.16. The van der Waals surface area contributed by atoms with Gasteiger partial charge in [-0.05, 0) is 44.9 Å². The van der Waals surface area contributed by atoms with E-state index in [1.807, 2.05) is 0 Å². The summed E-state index contributed by atoms with van der Waals surface area (Å²) in [7, 11) is 0. The molecule has 0 aromatic rings. The number of carbonyl (C=O) groups excluding carboxylic acids is 2. The third-order valence-corrected chi connectivity index (χ3v) is 11.1. The molecule has 6 heteroatoms. The highest BCUT2D eigenvalue weighted by molar-refractivity contribution is 5.77. The van der Waals surface area contributed by atoms with E-state index in [1.165, 1.54) is 161 Å². The maximum absolute atomic E-state index is 13.1. The minimum atomic E-state index is -0.781. The average molecular weight is 764 g/mol. The van der Waals surface area contributed by atoms with Crippen molar-refractivity contribution in [1.29, 1.82) is 0 Å². The zero-order valence-corrected chi connectivity index (χ0v) is 36.4. The van der Waals surface area contributed by atoms with Crippen LogP contribution in [0, 0.1) is 0 Å². The van der Waals surface area contributed by atoms with E-state index in [9.17, 15) is 19.8 Å². The Morgan fingerprint density at radius 2 is 0.907 bits per heavy atom. The number of aliphatic hydroxyl groups excluding tert-OH is 2. The van der Waals surface area contributed by atoms with E-state index in [2.05, 4.69) is 38.2 Å². The summed E-state index contributed by atoms with van der Waals surface area (Å²) in [6.07, 6.45) is 45.5. The summed E-state index contributed by atoms with van der Waals surface area (Å²) < 4.78 is 5.91. The molecule has 0 rings (SSSR count). The number of rotatable bonds is 43. The first-order valence-corrected chi connectivity index (χ1v) is 23.9. The third-order valence-electron chi connectivity index (χ3n) is 11.1. The lowest BCUT2D eigenvalue weighted by molar-refractivity contribution is -0.151. The molecule has 320 valence electrons. The molecule has 0 aliphatic carbocycles. The van der Waals surface area contributed by atoms with Crippen LogP contribution in [0.25, 0.3) is 0 Å². The Morgan fingerprint density at radius 3 is 1.37 bits per heavy atom. The standard InChI is InChI=1S/C48H93NO5/c1-4-7-10-13-16-19-22-23-24-26-27-30-33-36-39-44(54-48(53)41-38-35-32-29-25-20-17-14-11-8-5-2)42-47(52)49-45(43-50)46(51)40-37-34-31-28-21-18-15-12-9-6-3/h14,17,44-46,50-51H,4-13,15-16,18-43H2,1-3H3,(H,49,52)/b17-14-. The second kappa shape index (κ2) is 42.7. The smallest absolute Gasteiger partial charge is 0.306 e. The van der Waals surface area contributed by atoms with Gasteiger partial charge in [0.05, 0.1) is 25.2 Å². The van der Waals surface area contributed by atoms with Gasteiger partial charge in [0.15, 0.2) is 0 Å². The van der Waals surface area contributed by atoms with E-state index >= 15 is 0 Å². The number of allylic oxidation sites excluding steroid dienone is 2. The number of nitrogens with one attached hydrogen (secondary N) is 1. The Kier molecular flexibility index (Phi) is 41.6. The predicted molar refractivity (Wildman–Crippen MR) is 232 cm³/mol. The van der Waals surface area contributed by atoms with Gasteiger partial charge < -0.3 is 20.3 Å². The fourth-order valence-corrected chi connectivity index (χ4v) is 7.41. The second-order valence-corrected chi connectivity index (χ2v) is 16.5. The summed E-state index contributed by atoms with van der Waals surface area (Å²) in [5.41, 5.74) is 0. The van der Waals surface area contributed by atoms with Crippen LogP contribution >= 0.6 is 0 Å². The molecule has 0 saturated heterocycles. The van der Waals surface area contributed by atoms with Crippen molar-refractivity contribution in [3.8, 4) is 0 Å². The highest BCUT2D eigenvalue weighted by Crippen LogP contribution is 2.18. The van der Waals surface area contributed by atoms with Crippen molar-refractivity contribution >= 4 is 11.9 Å². The lowest BCUT2D eigenvalue weighted by Gasteiger charge is -2.24. The van der Waals surface area contributed by atoms with E-state index in [4.69, 9.17) is 4.74 Å². The first-order chi connectivity index (χ1) is 26.5. The number of esters is 1. The van der Waals surface area contributed by atoms with Gasteiger partial charge in [-0.15, -0.1) is 0 Å². The number of aliphatic hydroxyl groups is 2. The van der Waals surface area contributed by atoms with Crippen molar-refractivity contribution < 1.29 is 24.5 Å². The van der Waals surface area contributed by atoms with Crippen molar-refractivity contribution in [2.75, 3.05) is 6.61 Å². The summed E-state index contributed by atoms with van der Waals surface area (Å²) >= 11 is 0. The lowest BCUT2D eigenvalue weighted by atomic mass is 10.0. The summed E-state index contributed by atoms with van der Waals surface area (Å²) in [5.74, 6) is -0.472. The van der Waals surface area contributed by atoms with Crippen LogP contribution < -0.4 is 5.32 Å². The lowest BCUT2D eigenvalue weighted by Crippen LogP contribution is -2.46. The summed E-state index contributed by atoms with van der Waals surface area (Å²) in [5, 5.41) is 23.6. The molecule has 3 unspecified atom stereocenters. The maximum Gasteiger partial charge on any atom is 0.306 e. The van der Waals surface area contributed by atoms with Gasteiger partial charge in [0.1, 0.15) is 6.10 Å². The Balaban J connectivity index is 4.57. The van der Waals surface area contributed by atoms with Crippen molar-refractivity contribution in [3.05, 3.63) is 12.2 Å². The molecule has 54 heavy (non-hydrogen) atoms. The normalized spacial score (nSPS) is 13.4. The molecule has 3 atom stereocenters. The van der Waals surface area contributed by atoms with Gasteiger partial charge >= 0.3 is 5.97 Å². The molecular weight excluding hydrogens is 671 g/mol. The Hall–Kier alpha value is -1.40. The highest BCUT2D eigenvalue weighted by atomic mass is 16.5. The minimum Gasteiger partial charge on any atom is -0.462 e. The Labute approximate surface area is 336 Å². The molecule has 0 aromatic heterocycles. The van der Waals surface area contributed by atoms with E-state index in [0.29, 0.717) is 19.3 Å². The van der Waals surface area contributed by atoms with Gasteiger partial charge in [0, 0.05) is 6.42 Å². The molecule has 0 spiro atoms. The minimum absolute atomic E-state index is 0.0808. The van der Waals surface area contributed by atoms with Crippen LogP contribution in [-0.2, 0) is 14.3 Å². The Morgan fingerprint density at radius 1 is 0.519 bits per heavy atom. The van der Waals surface area contributed by atoms with Gasteiger partial charge in [-0.25, -0.2) is 0 Å². The van der Waals surface area contributed by atoms with Gasteiger partial charge in [0.2, 0.25) is 5.91 Å². The zero-order chi connectivity index (χ0) is 39.6. The van der Waals surface area contributed by atoms with Gasteiger partial charge in [-0.1, -0.05) is 213 Å². The molecule has 1 amide bonds. The molecular formula is C48H93NO5. The number of unbranched alkanes of at least 4 members (excludes halogenated alkanes) is 29. The molecule has 3 N–H and O–H groups in total. The van der Waals surface area contributed by atoms with E-state index in [-0.39, 0.29) is 24.9 Å². The molecule has 6 nitrogen and oxygen atoms in total. The first kappa shape index (κ1) is 52.6. The van der Waals surface area contributed by atoms with Gasteiger partial charge in [-0.2, -0.15) is 0 Å². The van der Waals surface area contributed by atoms with E-state index in [1.54, 1.807) is 0 Å². The number of hydrogen-bond acceptors (Lipinski definition) is 5. The largest absolute Gasteiger partial charge is 0.462 e. The second-order valence-electron chi connectivity index (χ2n) is 16.5. The topological polar surface area (TPSA) is 95.9 Å². The zero-order valence-electron chi connectivity index (χ0n) is 36.4. The van der Waals surface area contributed by atoms with Crippen LogP contribution in [0.5, 0.6) is 0 Å². The fraction of sp³-hybridized carbons (Fsp3) is 0.917. The van der Waals surface area contributed by atoms with E-state index < -0.39 is 18.2 Å². The van der Waals surface area contributed by atoms with Crippen LogP contribution in [0.1, 0.15) is 258 Å². The highest BCUT2D eigenvalue weighted by Gasteiger charge is 2.24. The van der Waals surface area contributed by atoms with Crippen molar-refractivity contribution in [3.63, 3.8) is 0 Å². The summed E-state index contributed by atoms with van der Waals surface area (Å²) in [6, 6.07) is -0.694. The number of carbonyl (C=O) groups is 2. The first-order valence-electron chi connectivity index (χ1n) is 23.9. The number of amides is 1. The monoisotopic (exact) mass is 764 g/mol. The van der Waals surface area contributed by atoms with Crippen LogP contribution in [0.3, 0.4) is 0 Å². The molecule has 0 aliphatic heterocycles. The molecule has 0 aromatic carbocycles. The quantitative estimate of drug-likeness (QED) is 0.0326. The summed E-state index contributed by atoms with van der Waals surface area (Å²) in [6.45, 7) is 6.44. The number of hydrogen-bond donors (Lipinski definition) is 3. The molecule has 0 bridgehead atoms. The van der Waals surface area contributed by atoms with Crippen LogP contribution in [-0.4, -0.2) is 46.9 Å². The third kappa shape index (κ3) is 37.5. The van der Waals surface area contributed by atoms with Crippen molar-refractivity contribution in [2.24, 2.45) is 0 Å². The van der Waals surface area contributed by atoms with Crippen LogP contribution in [0.2, 0.25) is 0 Å². The van der Waals surface area contributed by atoms with Crippen LogP contribution in [0.4, 0.5) is 0 Å². The molecule has 0 heterocycles. The van der Waals surface area contributed by atoms with E-state index in [0.717, 1.165) is 51.4 Å². The SMILES string of the molecule is CCCC/C=C\CCCCCCCC(=O)OC(CCCCCCCCCCCCCCCC)CC(=O)NC(CO)C(O)CCCCCCCCCCCC.